The van der Waals surface area contributed by atoms with Gasteiger partial charge in [-0.2, -0.15) is 0 Å². The smallest absolute Gasteiger partial charge is 0.150 e. The highest BCUT2D eigenvalue weighted by atomic mass is 16.5. The molecular weight excluding hydrogens is 250 g/mol. The third-order valence-corrected chi connectivity index (χ3v) is 3.40. The van der Waals surface area contributed by atoms with E-state index in [2.05, 4.69) is 17.0 Å². The third-order valence-electron chi connectivity index (χ3n) is 3.40. The highest BCUT2D eigenvalue weighted by Crippen LogP contribution is 2.20. The van der Waals surface area contributed by atoms with Crippen LogP contribution in [0.4, 0.5) is 5.69 Å². The predicted molar refractivity (Wildman–Crippen MR) is 81.7 cm³/mol. The molecule has 0 N–H and O–H groups in total. The highest BCUT2D eigenvalue weighted by Gasteiger charge is 2.05. The Labute approximate surface area is 119 Å². The van der Waals surface area contributed by atoms with Crippen molar-refractivity contribution in [1.82, 2.24) is 0 Å². The van der Waals surface area contributed by atoms with Crippen LogP contribution in [0.25, 0.3) is 0 Å². The van der Waals surface area contributed by atoms with E-state index in [1.54, 1.807) is 7.11 Å². The van der Waals surface area contributed by atoms with Crippen LogP contribution >= 0.6 is 0 Å². The maximum atomic E-state index is 10.8. The lowest BCUT2D eigenvalue weighted by Gasteiger charge is -2.20. The Kier molecular flexibility index (Phi) is 4.41. The number of benzene rings is 2. The summed E-state index contributed by atoms with van der Waals surface area (Å²) < 4.78 is 5.15. The van der Waals surface area contributed by atoms with Gasteiger partial charge in [0.2, 0.25) is 0 Å². The molecule has 0 heterocycles. The maximum absolute atomic E-state index is 10.8. The molecule has 0 spiro atoms. The fraction of sp³-hybridized carbons (Fsp3) is 0.235. The molecule has 0 saturated carbocycles. The second-order valence-corrected chi connectivity index (χ2v) is 4.86. The first kappa shape index (κ1) is 14.1. The Morgan fingerprint density at radius 2 is 1.85 bits per heavy atom. The number of aldehydes is 1. The van der Waals surface area contributed by atoms with Gasteiger partial charge in [0.1, 0.15) is 12.0 Å². The van der Waals surface area contributed by atoms with E-state index in [-0.39, 0.29) is 0 Å². The van der Waals surface area contributed by atoms with Gasteiger partial charge in [0.15, 0.2) is 0 Å². The molecule has 3 heteroatoms. The van der Waals surface area contributed by atoms with Gasteiger partial charge in [-0.25, -0.2) is 0 Å². The molecule has 2 rings (SSSR count). The zero-order valence-corrected chi connectivity index (χ0v) is 12.1. The van der Waals surface area contributed by atoms with Gasteiger partial charge in [0, 0.05) is 24.8 Å². The minimum atomic E-state index is 0.742. The second-order valence-electron chi connectivity index (χ2n) is 4.86. The first-order chi connectivity index (χ1) is 9.63. The summed E-state index contributed by atoms with van der Waals surface area (Å²) in [6, 6.07) is 13.9. The average Bonchev–Trinajstić information content (AvgIpc) is 2.48. The minimum Gasteiger partial charge on any atom is -0.497 e. The van der Waals surface area contributed by atoms with E-state index in [9.17, 15) is 4.79 Å². The van der Waals surface area contributed by atoms with Gasteiger partial charge >= 0.3 is 0 Å². The van der Waals surface area contributed by atoms with Crippen molar-refractivity contribution in [2.75, 3.05) is 19.1 Å². The molecule has 104 valence electrons. The zero-order chi connectivity index (χ0) is 14.5. The quantitative estimate of drug-likeness (QED) is 0.779. The highest BCUT2D eigenvalue weighted by molar-refractivity contribution is 5.78. The first-order valence-corrected chi connectivity index (χ1v) is 6.54. The van der Waals surface area contributed by atoms with E-state index >= 15 is 0 Å². The van der Waals surface area contributed by atoms with E-state index in [1.807, 2.05) is 44.3 Å². The molecular formula is C17H19NO2. The van der Waals surface area contributed by atoms with Crippen LogP contribution in [0.2, 0.25) is 0 Å². The van der Waals surface area contributed by atoms with Gasteiger partial charge in [-0.1, -0.05) is 12.1 Å². The van der Waals surface area contributed by atoms with E-state index in [0.29, 0.717) is 0 Å². The summed E-state index contributed by atoms with van der Waals surface area (Å²) in [5, 5.41) is 0. The summed E-state index contributed by atoms with van der Waals surface area (Å²) in [5.74, 6) is 0.864. The van der Waals surface area contributed by atoms with Crippen LogP contribution in [0.3, 0.4) is 0 Å². The van der Waals surface area contributed by atoms with Gasteiger partial charge < -0.3 is 9.64 Å². The summed E-state index contributed by atoms with van der Waals surface area (Å²) >= 11 is 0. The molecule has 0 radical (unpaired) electrons. The monoisotopic (exact) mass is 269 g/mol. The van der Waals surface area contributed by atoms with Crippen LogP contribution in [-0.2, 0) is 6.54 Å². The molecule has 0 fully saturated rings. The lowest BCUT2D eigenvalue weighted by molar-refractivity contribution is 0.112. The van der Waals surface area contributed by atoms with Crippen molar-refractivity contribution in [1.29, 1.82) is 0 Å². The Bertz CT molecular complexity index is 590. The Balaban J connectivity index is 2.12. The van der Waals surface area contributed by atoms with Gasteiger partial charge in [-0.3, -0.25) is 4.79 Å². The normalized spacial score (nSPS) is 10.2. The van der Waals surface area contributed by atoms with Crippen molar-refractivity contribution >= 4 is 12.0 Å². The van der Waals surface area contributed by atoms with Crippen LogP contribution in [-0.4, -0.2) is 20.4 Å². The fourth-order valence-corrected chi connectivity index (χ4v) is 2.13. The SMILES string of the molecule is COc1ccc(CN(C)c2ccc(C=O)c(C)c2)cc1. The number of ether oxygens (including phenoxy) is 1. The lowest BCUT2D eigenvalue weighted by Crippen LogP contribution is -2.16. The number of carbonyl (C=O) groups excluding carboxylic acids is 1. The van der Waals surface area contributed by atoms with Crippen LogP contribution in [0.15, 0.2) is 42.5 Å². The van der Waals surface area contributed by atoms with Gasteiger partial charge in [-0.05, 0) is 48.4 Å². The molecule has 0 unspecified atom stereocenters. The fourth-order valence-electron chi connectivity index (χ4n) is 2.13. The van der Waals surface area contributed by atoms with E-state index in [0.717, 1.165) is 35.4 Å². The van der Waals surface area contributed by atoms with Crippen molar-refractivity contribution in [3.05, 3.63) is 59.2 Å². The third kappa shape index (κ3) is 3.18. The Morgan fingerprint density at radius 3 is 2.40 bits per heavy atom. The van der Waals surface area contributed by atoms with E-state index in [4.69, 9.17) is 4.74 Å². The van der Waals surface area contributed by atoms with E-state index < -0.39 is 0 Å². The second kappa shape index (κ2) is 6.24. The molecule has 0 aliphatic rings. The number of nitrogens with zero attached hydrogens (tertiary/aromatic N) is 1. The number of aryl methyl sites for hydroxylation is 1. The topological polar surface area (TPSA) is 29.5 Å². The van der Waals surface area contributed by atoms with Gasteiger partial charge in [0.05, 0.1) is 7.11 Å². The van der Waals surface area contributed by atoms with Crippen LogP contribution in [0, 0.1) is 6.92 Å². The molecule has 0 amide bonds. The Morgan fingerprint density at radius 1 is 1.15 bits per heavy atom. The molecule has 0 aromatic heterocycles. The van der Waals surface area contributed by atoms with Crippen LogP contribution < -0.4 is 9.64 Å². The molecule has 3 nitrogen and oxygen atoms in total. The first-order valence-electron chi connectivity index (χ1n) is 6.54. The molecule has 20 heavy (non-hydrogen) atoms. The largest absolute Gasteiger partial charge is 0.497 e. The van der Waals surface area contributed by atoms with Crippen molar-refractivity contribution in [3.63, 3.8) is 0 Å². The standard InChI is InChI=1S/C17H19NO2/c1-13-10-16(7-6-15(13)12-19)18(2)11-14-4-8-17(20-3)9-5-14/h4-10,12H,11H2,1-3H3. The van der Waals surface area contributed by atoms with Crippen molar-refractivity contribution in [2.45, 2.75) is 13.5 Å². The summed E-state index contributed by atoms with van der Waals surface area (Å²) in [7, 11) is 3.71. The molecule has 0 aliphatic heterocycles. The van der Waals surface area contributed by atoms with Crippen molar-refractivity contribution < 1.29 is 9.53 Å². The number of rotatable bonds is 5. The summed E-state index contributed by atoms with van der Waals surface area (Å²) in [6.07, 6.45) is 0.891. The molecule has 2 aromatic carbocycles. The Hall–Kier alpha value is -2.29. The zero-order valence-electron chi connectivity index (χ0n) is 12.1. The van der Waals surface area contributed by atoms with Gasteiger partial charge in [-0.15, -0.1) is 0 Å². The maximum Gasteiger partial charge on any atom is 0.150 e. The van der Waals surface area contributed by atoms with Crippen LogP contribution in [0.5, 0.6) is 5.75 Å². The lowest BCUT2D eigenvalue weighted by atomic mass is 10.1. The molecule has 0 saturated heterocycles. The minimum absolute atomic E-state index is 0.742. The summed E-state index contributed by atoms with van der Waals surface area (Å²) in [6.45, 7) is 2.76. The van der Waals surface area contributed by atoms with Gasteiger partial charge in [0.25, 0.3) is 0 Å². The number of carbonyl (C=O) groups is 1. The summed E-state index contributed by atoms with van der Waals surface area (Å²) in [4.78, 5) is 13.0. The van der Waals surface area contributed by atoms with Crippen molar-refractivity contribution in [3.8, 4) is 5.75 Å². The molecule has 0 bridgehead atoms. The van der Waals surface area contributed by atoms with E-state index in [1.165, 1.54) is 5.56 Å². The van der Waals surface area contributed by atoms with Crippen molar-refractivity contribution in [2.24, 2.45) is 0 Å². The number of methoxy groups -OCH3 is 1. The van der Waals surface area contributed by atoms with Crippen LogP contribution in [0.1, 0.15) is 21.5 Å². The predicted octanol–water partition coefficient (Wildman–Crippen LogP) is 3.45. The summed E-state index contributed by atoms with van der Waals surface area (Å²) in [5.41, 5.74) is 4.06. The molecule has 2 aromatic rings. The molecule has 0 aliphatic carbocycles. The number of hydrogen-bond donors (Lipinski definition) is 0. The number of anilines is 1. The number of hydrogen-bond acceptors (Lipinski definition) is 3. The average molecular weight is 269 g/mol. The molecule has 0 atom stereocenters.